The molecule has 2 aromatic heterocycles. The van der Waals surface area contributed by atoms with Gasteiger partial charge in [0.1, 0.15) is 5.69 Å². The van der Waals surface area contributed by atoms with E-state index in [4.69, 9.17) is 0 Å². The molecular formula is C13H17N5O. The van der Waals surface area contributed by atoms with E-state index in [1.165, 1.54) is 0 Å². The van der Waals surface area contributed by atoms with Crippen molar-refractivity contribution < 1.29 is 4.79 Å². The van der Waals surface area contributed by atoms with Crippen LogP contribution in [0.4, 0.5) is 0 Å². The highest BCUT2D eigenvalue weighted by Gasteiger charge is 2.27. The molecule has 1 fully saturated rings. The molecule has 1 aliphatic rings. The maximum atomic E-state index is 12.4. The van der Waals surface area contributed by atoms with Gasteiger partial charge < -0.3 is 4.90 Å². The van der Waals surface area contributed by atoms with Gasteiger partial charge in [-0.3, -0.25) is 14.6 Å². The van der Waals surface area contributed by atoms with Crippen LogP contribution in [0.1, 0.15) is 34.9 Å². The molecule has 0 saturated carbocycles. The lowest BCUT2D eigenvalue weighted by atomic mass is 9.95. The van der Waals surface area contributed by atoms with E-state index in [-0.39, 0.29) is 5.91 Å². The molecule has 100 valence electrons. The van der Waals surface area contributed by atoms with Crippen LogP contribution in [0, 0.1) is 0 Å². The van der Waals surface area contributed by atoms with Gasteiger partial charge >= 0.3 is 0 Å². The van der Waals surface area contributed by atoms with Crippen molar-refractivity contribution in [3.63, 3.8) is 0 Å². The standard InChI is InChI=1S/C13H17N5O/c1-17-12(5-7-15-17)13(19)18-8-2-3-10(9-18)11-4-6-14-16-11/h4-7,10H,2-3,8-9H2,1H3,(H,14,16). The van der Waals surface area contributed by atoms with Gasteiger partial charge in [0.2, 0.25) is 0 Å². The summed E-state index contributed by atoms with van der Waals surface area (Å²) in [6.07, 6.45) is 5.53. The Balaban J connectivity index is 1.75. The van der Waals surface area contributed by atoms with Gasteiger partial charge in [0.15, 0.2) is 0 Å². The van der Waals surface area contributed by atoms with Crippen molar-refractivity contribution in [3.8, 4) is 0 Å². The Bertz CT molecular complexity index is 559. The fraction of sp³-hybridized carbons (Fsp3) is 0.462. The van der Waals surface area contributed by atoms with Crippen molar-refractivity contribution in [1.82, 2.24) is 24.9 Å². The summed E-state index contributed by atoms with van der Waals surface area (Å²) >= 11 is 0. The summed E-state index contributed by atoms with van der Waals surface area (Å²) in [5, 5.41) is 11.1. The molecule has 0 spiro atoms. The van der Waals surface area contributed by atoms with Crippen LogP contribution in [-0.4, -0.2) is 43.9 Å². The second kappa shape index (κ2) is 4.87. The third-order valence-corrected chi connectivity index (χ3v) is 3.71. The zero-order chi connectivity index (χ0) is 13.2. The van der Waals surface area contributed by atoms with Gasteiger partial charge in [-0.15, -0.1) is 0 Å². The van der Waals surface area contributed by atoms with Crippen molar-refractivity contribution in [2.24, 2.45) is 7.05 Å². The summed E-state index contributed by atoms with van der Waals surface area (Å²) in [4.78, 5) is 14.3. The number of carbonyl (C=O) groups excluding carboxylic acids is 1. The highest BCUT2D eigenvalue weighted by Crippen LogP contribution is 2.26. The molecule has 1 atom stereocenters. The average molecular weight is 259 g/mol. The first-order chi connectivity index (χ1) is 9.25. The number of amides is 1. The maximum absolute atomic E-state index is 12.4. The molecule has 6 heteroatoms. The number of aromatic amines is 1. The number of likely N-dealkylation sites (tertiary alicyclic amines) is 1. The summed E-state index contributed by atoms with van der Waals surface area (Å²) in [6, 6.07) is 3.75. The fourth-order valence-corrected chi connectivity index (χ4v) is 2.66. The van der Waals surface area contributed by atoms with Crippen molar-refractivity contribution >= 4 is 5.91 Å². The first kappa shape index (κ1) is 12.0. The molecule has 1 aliphatic heterocycles. The van der Waals surface area contributed by atoms with Crippen LogP contribution in [-0.2, 0) is 7.05 Å². The predicted molar refractivity (Wildman–Crippen MR) is 69.7 cm³/mol. The summed E-state index contributed by atoms with van der Waals surface area (Å²) in [5.41, 5.74) is 1.76. The average Bonchev–Trinajstić information content (AvgIpc) is 3.09. The zero-order valence-electron chi connectivity index (χ0n) is 10.9. The Kier molecular flexibility index (Phi) is 3.06. The van der Waals surface area contributed by atoms with Crippen LogP contribution in [0.15, 0.2) is 24.5 Å². The van der Waals surface area contributed by atoms with Crippen molar-refractivity contribution in [1.29, 1.82) is 0 Å². The second-order valence-electron chi connectivity index (χ2n) is 4.94. The summed E-state index contributed by atoms with van der Waals surface area (Å²) < 4.78 is 1.63. The number of H-pyrrole nitrogens is 1. The normalized spacial score (nSPS) is 19.6. The Morgan fingerprint density at radius 3 is 3.00 bits per heavy atom. The molecule has 19 heavy (non-hydrogen) atoms. The predicted octanol–water partition coefficient (Wildman–Crippen LogP) is 1.16. The van der Waals surface area contributed by atoms with Crippen LogP contribution in [0.3, 0.4) is 0 Å². The molecule has 1 unspecified atom stereocenters. The maximum Gasteiger partial charge on any atom is 0.272 e. The first-order valence-corrected chi connectivity index (χ1v) is 6.52. The summed E-state index contributed by atoms with van der Waals surface area (Å²) in [5.74, 6) is 0.414. The molecular weight excluding hydrogens is 242 g/mol. The minimum atomic E-state index is 0.0595. The van der Waals surface area contributed by atoms with Gasteiger partial charge in [-0.25, -0.2) is 0 Å². The third kappa shape index (κ3) is 2.25. The molecule has 0 radical (unpaired) electrons. The number of rotatable bonds is 2. The van der Waals surface area contributed by atoms with Crippen molar-refractivity contribution in [3.05, 3.63) is 35.9 Å². The largest absolute Gasteiger partial charge is 0.337 e. The summed E-state index contributed by atoms with van der Waals surface area (Å²) in [6.45, 7) is 1.56. The van der Waals surface area contributed by atoms with Crippen molar-refractivity contribution in [2.45, 2.75) is 18.8 Å². The van der Waals surface area contributed by atoms with Crippen LogP contribution in [0.25, 0.3) is 0 Å². The second-order valence-corrected chi connectivity index (χ2v) is 4.94. The quantitative estimate of drug-likeness (QED) is 0.880. The highest BCUT2D eigenvalue weighted by atomic mass is 16.2. The molecule has 0 bridgehead atoms. The van der Waals surface area contributed by atoms with E-state index in [0.29, 0.717) is 11.6 Å². The number of nitrogens with one attached hydrogen (secondary N) is 1. The summed E-state index contributed by atoms with van der Waals surface area (Å²) in [7, 11) is 1.80. The monoisotopic (exact) mass is 259 g/mol. The van der Waals surface area contributed by atoms with Gasteiger partial charge in [0.05, 0.1) is 0 Å². The van der Waals surface area contributed by atoms with Gasteiger partial charge in [0.25, 0.3) is 5.91 Å². The number of carbonyl (C=O) groups is 1. The van der Waals surface area contributed by atoms with E-state index >= 15 is 0 Å². The van der Waals surface area contributed by atoms with E-state index in [1.54, 1.807) is 30.2 Å². The Morgan fingerprint density at radius 2 is 2.32 bits per heavy atom. The lowest BCUT2D eigenvalue weighted by molar-refractivity contribution is 0.0694. The fourth-order valence-electron chi connectivity index (χ4n) is 2.66. The van der Waals surface area contributed by atoms with Gasteiger partial charge in [-0.1, -0.05) is 0 Å². The molecule has 1 saturated heterocycles. The van der Waals surface area contributed by atoms with Crippen molar-refractivity contribution in [2.75, 3.05) is 13.1 Å². The van der Waals surface area contributed by atoms with E-state index < -0.39 is 0 Å². The number of hydrogen-bond donors (Lipinski definition) is 1. The number of hydrogen-bond acceptors (Lipinski definition) is 3. The Labute approximate surface area is 111 Å². The highest BCUT2D eigenvalue weighted by molar-refractivity contribution is 5.92. The minimum Gasteiger partial charge on any atom is -0.337 e. The van der Waals surface area contributed by atoms with E-state index in [9.17, 15) is 4.79 Å². The van der Waals surface area contributed by atoms with E-state index in [0.717, 1.165) is 31.6 Å². The first-order valence-electron chi connectivity index (χ1n) is 6.52. The number of nitrogens with zero attached hydrogens (tertiary/aromatic N) is 4. The molecule has 0 aliphatic carbocycles. The van der Waals surface area contributed by atoms with E-state index in [1.807, 2.05) is 11.0 Å². The van der Waals surface area contributed by atoms with Gasteiger partial charge in [-0.05, 0) is 25.0 Å². The lowest BCUT2D eigenvalue weighted by Crippen LogP contribution is -2.40. The number of aryl methyl sites for hydroxylation is 1. The molecule has 3 rings (SSSR count). The van der Waals surface area contributed by atoms with Gasteiger partial charge in [0, 0.05) is 44.1 Å². The zero-order valence-corrected chi connectivity index (χ0v) is 10.9. The van der Waals surface area contributed by atoms with Gasteiger partial charge in [-0.2, -0.15) is 10.2 Å². The SMILES string of the molecule is Cn1nccc1C(=O)N1CCCC(c2ccn[nH]2)C1. The Morgan fingerprint density at radius 1 is 1.42 bits per heavy atom. The molecule has 1 amide bonds. The molecule has 6 nitrogen and oxygen atoms in total. The number of piperidine rings is 1. The molecule has 0 aromatic carbocycles. The molecule has 3 heterocycles. The minimum absolute atomic E-state index is 0.0595. The molecule has 1 N–H and O–H groups in total. The lowest BCUT2D eigenvalue weighted by Gasteiger charge is -2.32. The van der Waals surface area contributed by atoms with Crippen LogP contribution in [0.5, 0.6) is 0 Å². The number of aromatic nitrogens is 4. The third-order valence-electron chi connectivity index (χ3n) is 3.71. The van der Waals surface area contributed by atoms with Crippen LogP contribution >= 0.6 is 0 Å². The van der Waals surface area contributed by atoms with Crippen LogP contribution < -0.4 is 0 Å². The van der Waals surface area contributed by atoms with Crippen LogP contribution in [0.2, 0.25) is 0 Å². The Hall–Kier alpha value is -2.11. The topological polar surface area (TPSA) is 66.8 Å². The van der Waals surface area contributed by atoms with E-state index in [2.05, 4.69) is 15.3 Å². The smallest absolute Gasteiger partial charge is 0.272 e. The molecule has 2 aromatic rings.